The van der Waals surface area contributed by atoms with Crippen molar-refractivity contribution in [3.63, 3.8) is 0 Å². The molecule has 0 amide bonds. The van der Waals surface area contributed by atoms with E-state index in [9.17, 15) is 5.11 Å². The molecule has 0 bridgehead atoms. The SMILES string of the molecule is Cc1cccc(C)c1CC1(O)CCOC(C)C1. The molecule has 2 heteroatoms. The van der Waals surface area contributed by atoms with Crippen molar-refractivity contribution in [1.29, 1.82) is 0 Å². The van der Waals surface area contributed by atoms with E-state index in [1.807, 2.05) is 6.92 Å². The van der Waals surface area contributed by atoms with E-state index < -0.39 is 5.60 Å². The van der Waals surface area contributed by atoms with E-state index in [2.05, 4.69) is 32.0 Å². The largest absolute Gasteiger partial charge is 0.389 e. The fourth-order valence-electron chi connectivity index (χ4n) is 2.76. The number of aliphatic hydroxyl groups is 1. The molecule has 0 aliphatic carbocycles. The summed E-state index contributed by atoms with van der Waals surface area (Å²) in [7, 11) is 0. The second-order valence-corrected chi connectivity index (χ2v) is 5.41. The maximum absolute atomic E-state index is 10.7. The van der Waals surface area contributed by atoms with Crippen molar-refractivity contribution in [3.8, 4) is 0 Å². The molecular formula is C15H22O2. The van der Waals surface area contributed by atoms with E-state index >= 15 is 0 Å². The molecule has 1 heterocycles. The highest BCUT2D eigenvalue weighted by Gasteiger charge is 2.34. The van der Waals surface area contributed by atoms with Crippen molar-refractivity contribution in [3.05, 3.63) is 34.9 Å². The average Bonchev–Trinajstić information content (AvgIpc) is 2.23. The fraction of sp³-hybridized carbons (Fsp3) is 0.600. The van der Waals surface area contributed by atoms with Gasteiger partial charge in [-0.25, -0.2) is 0 Å². The lowest BCUT2D eigenvalue weighted by Crippen LogP contribution is -2.41. The van der Waals surface area contributed by atoms with Gasteiger partial charge in [-0.15, -0.1) is 0 Å². The van der Waals surface area contributed by atoms with E-state index in [4.69, 9.17) is 4.74 Å². The van der Waals surface area contributed by atoms with Crippen molar-refractivity contribution in [2.24, 2.45) is 0 Å². The zero-order chi connectivity index (χ0) is 12.5. The van der Waals surface area contributed by atoms with Gasteiger partial charge in [-0.1, -0.05) is 18.2 Å². The smallest absolute Gasteiger partial charge is 0.0734 e. The van der Waals surface area contributed by atoms with Crippen LogP contribution in [-0.4, -0.2) is 23.4 Å². The summed E-state index contributed by atoms with van der Waals surface area (Å²) in [5.74, 6) is 0. The Labute approximate surface area is 104 Å². The van der Waals surface area contributed by atoms with Crippen LogP contribution in [-0.2, 0) is 11.2 Å². The minimum Gasteiger partial charge on any atom is -0.389 e. The Balaban J connectivity index is 2.19. The predicted molar refractivity (Wildman–Crippen MR) is 69.2 cm³/mol. The fourth-order valence-corrected chi connectivity index (χ4v) is 2.76. The van der Waals surface area contributed by atoms with Crippen LogP contribution in [0.3, 0.4) is 0 Å². The summed E-state index contributed by atoms with van der Waals surface area (Å²) < 4.78 is 5.51. The number of hydrogen-bond donors (Lipinski definition) is 1. The van der Waals surface area contributed by atoms with E-state index in [-0.39, 0.29) is 6.10 Å². The summed E-state index contributed by atoms with van der Waals surface area (Å²) in [6.07, 6.45) is 2.39. The first-order valence-electron chi connectivity index (χ1n) is 6.39. The Bertz CT molecular complexity index is 380. The standard InChI is InChI=1S/C15H22O2/c1-11-5-4-6-12(2)14(11)10-15(16)7-8-17-13(3)9-15/h4-6,13,16H,7-10H2,1-3H3. The molecule has 2 rings (SSSR count). The van der Waals surface area contributed by atoms with E-state index in [1.54, 1.807) is 0 Å². The molecule has 1 aromatic carbocycles. The van der Waals surface area contributed by atoms with Crippen LogP contribution < -0.4 is 0 Å². The van der Waals surface area contributed by atoms with Gasteiger partial charge in [0.25, 0.3) is 0 Å². The molecule has 2 atom stereocenters. The van der Waals surface area contributed by atoms with Crippen LogP contribution in [0.5, 0.6) is 0 Å². The van der Waals surface area contributed by atoms with Gasteiger partial charge in [0, 0.05) is 19.4 Å². The molecule has 1 aromatic rings. The molecule has 1 saturated heterocycles. The Morgan fingerprint density at radius 2 is 2.00 bits per heavy atom. The summed E-state index contributed by atoms with van der Waals surface area (Å²) in [4.78, 5) is 0. The third-order valence-electron chi connectivity index (χ3n) is 3.79. The summed E-state index contributed by atoms with van der Waals surface area (Å²) >= 11 is 0. The summed E-state index contributed by atoms with van der Waals surface area (Å²) in [6.45, 7) is 6.94. The van der Waals surface area contributed by atoms with Gasteiger partial charge in [-0.3, -0.25) is 0 Å². The molecule has 0 spiro atoms. The first-order valence-corrected chi connectivity index (χ1v) is 6.39. The number of aryl methyl sites for hydroxylation is 2. The van der Waals surface area contributed by atoms with Gasteiger partial charge in [-0.05, 0) is 43.9 Å². The quantitative estimate of drug-likeness (QED) is 0.852. The Morgan fingerprint density at radius 1 is 1.35 bits per heavy atom. The lowest BCUT2D eigenvalue weighted by atomic mass is 9.82. The topological polar surface area (TPSA) is 29.5 Å². The van der Waals surface area contributed by atoms with Gasteiger partial charge >= 0.3 is 0 Å². The van der Waals surface area contributed by atoms with Crippen molar-refractivity contribution in [1.82, 2.24) is 0 Å². The minimum absolute atomic E-state index is 0.165. The van der Waals surface area contributed by atoms with Gasteiger partial charge in [0.1, 0.15) is 0 Å². The predicted octanol–water partition coefficient (Wildman–Crippen LogP) is 2.78. The number of benzene rings is 1. The van der Waals surface area contributed by atoms with Crippen LogP contribution >= 0.6 is 0 Å². The molecule has 17 heavy (non-hydrogen) atoms. The average molecular weight is 234 g/mol. The maximum Gasteiger partial charge on any atom is 0.0734 e. The molecule has 1 fully saturated rings. The Morgan fingerprint density at radius 3 is 2.59 bits per heavy atom. The lowest BCUT2D eigenvalue weighted by Gasteiger charge is -2.36. The van der Waals surface area contributed by atoms with E-state index in [0.717, 1.165) is 19.3 Å². The van der Waals surface area contributed by atoms with Crippen molar-refractivity contribution < 1.29 is 9.84 Å². The number of rotatable bonds is 2. The molecule has 94 valence electrons. The van der Waals surface area contributed by atoms with Crippen LogP contribution in [0.25, 0.3) is 0 Å². The summed E-state index contributed by atoms with van der Waals surface area (Å²) in [5.41, 5.74) is 3.26. The van der Waals surface area contributed by atoms with E-state index in [0.29, 0.717) is 6.61 Å². The Kier molecular flexibility index (Phi) is 3.55. The van der Waals surface area contributed by atoms with Gasteiger partial charge in [0.05, 0.1) is 11.7 Å². The van der Waals surface area contributed by atoms with Gasteiger partial charge in [0.15, 0.2) is 0 Å². The van der Waals surface area contributed by atoms with Crippen LogP contribution in [0.2, 0.25) is 0 Å². The molecule has 0 saturated carbocycles. The molecule has 2 nitrogen and oxygen atoms in total. The normalized spacial score (nSPS) is 29.3. The molecule has 2 unspecified atom stereocenters. The zero-order valence-corrected chi connectivity index (χ0v) is 11.0. The second-order valence-electron chi connectivity index (χ2n) is 5.41. The minimum atomic E-state index is -0.589. The van der Waals surface area contributed by atoms with Crippen LogP contribution in [0.15, 0.2) is 18.2 Å². The van der Waals surface area contributed by atoms with Crippen LogP contribution in [0.4, 0.5) is 0 Å². The zero-order valence-electron chi connectivity index (χ0n) is 11.0. The van der Waals surface area contributed by atoms with Gasteiger partial charge < -0.3 is 9.84 Å². The highest BCUT2D eigenvalue weighted by atomic mass is 16.5. The van der Waals surface area contributed by atoms with Gasteiger partial charge in [0.2, 0.25) is 0 Å². The van der Waals surface area contributed by atoms with Crippen molar-refractivity contribution in [2.75, 3.05) is 6.61 Å². The highest BCUT2D eigenvalue weighted by molar-refractivity contribution is 5.34. The molecule has 1 N–H and O–H groups in total. The van der Waals surface area contributed by atoms with E-state index in [1.165, 1.54) is 16.7 Å². The number of hydrogen-bond acceptors (Lipinski definition) is 2. The van der Waals surface area contributed by atoms with Crippen molar-refractivity contribution in [2.45, 2.75) is 51.7 Å². The van der Waals surface area contributed by atoms with Crippen LogP contribution in [0.1, 0.15) is 36.5 Å². The molecule has 1 aliphatic heterocycles. The Hall–Kier alpha value is -0.860. The lowest BCUT2D eigenvalue weighted by molar-refractivity contribution is -0.0962. The second kappa shape index (κ2) is 4.79. The number of ether oxygens (including phenoxy) is 1. The summed E-state index contributed by atoms with van der Waals surface area (Å²) in [6, 6.07) is 6.31. The molecular weight excluding hydrogens is 212 g/mol. The third-order valence-corrected chi connectivity index (χ3v) is 3.79. The first-order chi connectivity index (χ1) is 8.00. The third kappa shape index (κ3) is 2.88. The maximum atomic E-state index is 10.7. The monoisotopic (exact) mass is 234 g/mol. The summed E-state index contributed by atoms with van der Waals surface area (Å²) in [5, 5.41) is 10.7. The highest BCUT2D eigenvalue weighted by Crippen LogP contribution is 2.30. The molecule has 0 aromatic heterocycles. The van der Waals surface area contributed by atoms with Crippen molar-refractivity contribution >= 4 is 0 Å². The molecule has 0 radical (unpaired) electrons. The molecule has 1 aliphatic rings. The first kappa shape index (κ1) is 12.6. The van der Waals surface area contributed by atoms with Crippen LogP contribution in [0, 0.1) is 13.8 Å². The van der Waals surface area contributed by atoms with Gasteiger partial charge in [-0.2, -0.15) is 0 Å².